The van der Waals surface area contributed by atoms with Crippen LogP contribution >= 0.6 is 0 Å². The molecule has 0 amide bonds. The second kappa shape index (κ2) is 6.19. The fourth-order valence-electron chi connectivity index (χ4n) is 1.13. The van der Waals surface area contributed by atoms with Gasteiger partial charge in [-0.25, -0.2) is 17.6 Å². The van der Waals surface area contributed by atoms with Crippen LogP contribution in [0.25, 0.3) is 0 Å². The summed E-state index contributed by atoms with van der Waals surface area (Å²) in [6.45, 7) is 3.18. The fraction of sp³-hybridized carbons (Fsp3) is 0.143. The van der Waals surface area contributed by atoms with E-state index >= 15 is 0 Å². The van der Waals surface area contributed by atoms with Gasteiger partial charge < -0.3 is 0 Å². The average molecular weight is 256 g/mol. The van der Waals surface area contributed by atoms with E-state index in [1.807, 2.05) is 0 Å². The van der Waals surface area contributed by atoms with Crippen molar-refractivity contribution in [1.82, 2.24) is 0 Å². The summed E-state index contributed by atoms with van der Waals surface area (Å²) in [6, 6.07) is 7.02. The minimum absolute atomic E-state index is 0.469. The van der Waals surface area contributed by atoms with Gasteiger partial charge in [0.15, 0.2) is 0 Å². The van der Waals surface area contributed by atoms with E-state index in [9.17, 15) is 17.6 Å². The van der Waals surface area contributed by atoms with Crippen molar-refractivity contribution in [3.05, 3.63) is 70.8 Å². The molecule has 0 aliphatic heterocycles. The molecule has 18 heavy (non-hydrogen) atoms. The summed E-state index contributed by atoms with van der Waals surface area (Å²) < 4.78 is 48.9. The molecule has 0 radical (unpaired) electrons. The molecule has 0 bridgehead atoms. The lowest BCUT2D eigenvalue weighted by molar-refractivity contribution is 0.577. The van der Waals surface area contributed by atoms with Gasteiger partial charge in [-0.3, -0.25) is 0 Å². The number of hydrogen-bond donors (Lipinski definition) is 0. The van der Waals surface area contributed by atoms with E-state index in [0.717, 1.165) is 12.1 Å². The van der Waals surface area contributed by atoms with E-state index in [1.165, 1.54) is 24.3 Å². The molecule has 4 heteroatoms. The zero-order valence-corrected chi connectivity index (χ0v) is 9.98. The van der Waals surface area contributed by atoms with E-state index < -0.39 is 23.3 Å². The monoisotopic (exact) mass is 256 g/mol. The van der Waals surface area contributed by atoms with Crippen LogP contribution in [0, 0.1) is 37.1 Å². The van der Waals surface area contributed by atoms with Crippen molar-refractivity contribution in [1.29, 1.82) is 0 Å². The molecule has 0 aromatic heterocycles. The number of aryl methyl sites for hydroxylation is 2. The van der Waals surface area contributed by atoms with Crippen LogP contribution in [0.3, 0.4) is 0 Å². The summed E-state index contributed by atoms with van der Waals surface area (Å²) in [5.74, 6) is -2.04. The van der Waals surface area contributed by atoms with Gasteiger partial charge in [0, 0.05) is 12.1 Å². The average Bonchev–Trinajstić information content (AvgIpc) is 2.30. The van der Waals surface area contributed by atoms with Gasteiger partial charge in [0.1, 0.15) is 23.3 Å². The summed E-state index contributed by atoms with van der Waals surface area (Å²) >= 11 is 0. The maximum atomic E-state index is 12.3. The molecule has 0 heterocycles. The van der Waals surface area contributed by atoms with E-state index in [-0.39, 0.29) is 0 Å². The third-order valence-electron chi connectivity index (χ3n) is 2.27. The Hall–Kier alpha value is -1.84. The topological polar surface area (TPSA) is 0 Å². The minimum Gasteiger partial charge on any atom is -0.207 e. The third-order valence-corrected chi connectivity index (χ3v) is 2.27. The summed E-state index contributed by atoms with van der Waals surface area (Å²) in [4.78, 5) is 0. The van der Waals surface area contributed by atoms with Gasteiger partial charge in [-0.15, -0.1) is 0 Å². The van der Waals surface area contributed by atoms with Crippen molar-refractivity contribution in [3.63, 3.8) is 0 Å². The van der Waals surface area contributed by atoms with Crippen LogP contribution in [0.2, 0.25) is 0 Å². The Morgan fingerprint density at radius 1 is 0.611 bits per heavy atom. The lowest BCUT2D eigenvalue weighted by Crippen LogP contribution is -1.81. The summed E-state index contributed by atoms with van der Waals surface area (Å²) in [7, 11) is 0. The summed E-state index contributed by atoms with van der Waals surface area (Å²) in [5.41, 5.74) is 0.938. The second-order valence-corrected chi connectivity index (χ2v) is 3.79. The highest BCUT2D eigenvalue weighted by atomic mass is 19.1. The van der Waals surface area contributed by atoms with Gasteiger partial charge in [-0.1, -0.05) is 12.1 Å². The van der Waals surface area contributed by atoms with Crippen LogP contribution in [-0.4, -0.2) is 0 Å². The lowest BCUT2D eigenvalue weighted by atomic mass is 10.2. The first-order valence-corrected chi connectivity index (χ1v) is 5.23. The van der Waals surface area contributed by atoms with Crippen molar-refractivity contribution in [2.24, 2.45) is 0 Å². The fourth-order valence-corrected chi connectivity index (χ4v) is 1.13. The quantitative estimate of drug-likeness (QED) is 0.607. The Bertz CT molecular complexity index is 486. The van der Waals surface area contributed by atoms with Crippen molar-refractivity contribution < 1.29 is 17.6 Å². The number of benzene rings is 2. The van der Waals surface area contributed by atoms with E-state index in [0.29, 0.717) is 11.1 Å². The molecule has 0 aliphatic carbocycles. The molecule has 0 unspecified atom stereocenters. The standard InChI is InChI=1S/2C7H6F2/c2*1-5-2-3-6(8)4-7(5)9/h2*2-4H,1H3. The Labute approximate surface area is 103 Å². The van der Waals surface area contributed by atoms with Gasteiger partial charge >= 0.3 is 0 Å². The van der Waals surface area contributed by atoms with Gasteiger partial charge in [0.25, 0.3) is 0 Å². The highest BCUT2D eigenvalue weighted by molar-refractivity contribution is 5.16. The Balaban J connectivity index is 0.000000180. The highest BCUT2D eigenvalue weighted by Crippen LogP contribution is 2.07. The minimum atomic E-state index is -0.530. The van der Waals surface area contributed by atoms with Gasteiger partial charge in [-0.05, 0) is 37.1 Å². The number of halogens is 4. The number of hydrogen-bond acceptors (Lipinski definition) is 0. The molecule has 96 valence electrons. The molecule has 0 saturated heterocycles. The van der Waals surface area contributed by atoms with Gasteiger partial charge in [0.2, 0.25) is 0 Å². The predicted molar refractivity (Wildman–Crippen MR) is 62.2 cm³/mol. The zero-order chi connectivity index (χ0) is 13.7. The van der Waals surface area contributed by atoms with Crippen LogP contribution in [-0.2, 0) is 0 Å². The normalized spacial score (nSPS) is 9.67. The maximum Gasteiger partial charge on any atom is 0.129 e. The summed E-state index contributed by atoms with van der Waals surface area (Å²) in [6.07, 6.45) is 0. The Morgan fingerprint density at radius 2 is 0.944 bits per heavy atom. The van der Waals surface area contributed by atoms with Crippen LogP contribution in [0.5, 0.6) is 0 Å². The lowest BCUT2D eigenvalue weighted by Gasteiger charge is -1.92. The van der Waals surface area contributed by atoms with Crippen molar-refractivity contribution in [2.75, 3.05) is 0 Å². The van der Waals surface area contributed by atoms with Crippen molar-refractivity contribution in [2.45, 2.75) is 13.8 Å². The van der Waals surface area contributed by atoms with Crippen LogP contribution in [0.15, 0.2) is 36.4 Å². The van der Waals surface area contributed by atoms with E-state index in [4.69, 9.17) is 0 Å². The SMILES string of the molecule is Cc1ccc(F)cc1F.Cc1ccc(F)cc1F. The molecule has 0 saturated carbocycles. The van der Waals surface area contributed by atoms with Crippen molar-refractivity contribution >= 4 is 0 Å². The molecule has 0 spiro atoms. The molecule has 2 aromatic carbocycles. The molecule has 2 rings (SSSR count). The zero-order valence-electron chi connectivity index (χ0n) is 9.98. The molecule has 2 aromatic rings. The highest BCUT2D eigenvalue weighted by Gasteiger charge is 1.96. The Morgan fingerprint density at radius 3 is 1.17 bits per heavy atom. The first-order chi connectivity index (χ1) is 8.40. The molecule has 0 fully saturated rings. The molecular weight excluding hydrogens is 244 g/mol. The molecular formula is C14H12F4. The smallest absolute Gasteiger partial charge is 0.129 e. The first kappa shape index (κ1) is 14.2. The van der Waals surface area contributed by atoms with E-state index in [1.54, 1.807) is 13.8 Å². The third kappa shape index (κ3) is 4.20. The van der Waals surface area contributed by atoms with Gasteiger partial charge in [-0.2, -0.15) is 0 Å². The largest absolute Gasteiger partial charge is 0.207 e. The molecule has 0 N–H and O–H groups in total. The molecule has 0 aliphatic rings. The maximum absolute atomic E-state index is 12.3. The van der Waals surface area contributed by atoms with Crippen LogP contribution in [0.4, 0.5) is 17.6 Å². The summed E-state index contributed by atoms with van der Waals surface area (Å²) in [5, 5.41) is 0. The predicted octanol–water partition coefficient (Wildman–Crippen LogP) is 4.55. The van der Waals surface area contributed by atoms with Gasteiger partial charge in [0.05, 0.1) is 0 Å². The van der Waals surface area contributed by atoms with Crippen molar-refractivity contribution in [3.8, 4) is 0 Å². The Kier molecular flexibility index (Phi) is 4.89. The molecule has 0 nitrogen and oxygen atoms in total. The molecule has 0 atom stereocenters. The van der Waals surface area contributed by atoms with Crippen LogP contribution in [0.1, 0.15) is 11.1 Å². The van der Waals surface area contributed by atoms with E-state index in [2.05, 4.69) is 0 Å². The van der Waals surface area contributed by atoms with Crippen LogP contribution < -0.4 is 0 Å². The number of rotatable bonds is 0. The first-order valence-electron chi connectivity index (χ1n) is 5.23. The second-order valence-electron chi connectivity index (χ2n) is 3.79.